The van der Waals surface area contributed by atoms with Gasteiger partial charge in [0.2, 0.25) is 0 Å². The maximum absolute atomic E-state index is 15.0. The Labute approximate surface area is 157 Å². The van der Waals surface area contributed by atoms with E-state index in [0.29, 0.717) is 47.7 Å². The highest BCUT2D eigenvalue weighted by atomic mass is 32.2. The molecule has 3 rings (SSSR count). The van der Waals surface area contributed by atoms with E-state index >= 15 is 4.39 Å². The molecule has 0 saturated carbocycles. The van der Waals surface area contributed by atoms with E-state index in [-0.39, 0.29) is 6.04 Å². The third kappa shape index (κ3) is 4.17. The Hall–Kier alpha value is -1.91. The number of nitrogens with one attached hydrogen (secondary N) is 2. The average Bonchev–Trinajstić information content (AvgIpc) is 2.78. The molecule has 2 aliphatic rings. The number of aliphatic hydroxyl groups is 1. The van der Waals surface area contributed by atoms with Crippen LogP contribution in [0.25, 0.3) is 0 Å². The van der Waals surface area contributed by atoms with Crippen molar-refractivity contribution in [3.8, 4) is 5.75 Å². The number of aromatic hydroxyl groups is 1. The Kier molecular flexibility index (Phi) is 5.08. The quantitative estimate of drug-likeness (QED) is 0.564. The van der Waals surface area contributed by atoms with Crippen molar-refractivity contribution in [2.75, 3.05) is 17.4 Å². The van der Waals surface area contributed by atoms with Crippen LogP contribution in [0.15, 0.2) is 6.07 Å². The first kappa shape index (κ1) is 19.8. The molecule has 0 radical (unpaired) electrons. The number of amides is 1. The smallest absolute Gasteiger partial charge is 0.326 e. The van der Waals surface area contributed by atoms with Crippen LogP contribution in [0.1, 0.15) is 37.8 Å². The first-order chi connectivity index (χ1) is 12.5. The molecule has 1 amide bonds. The van der Waals surface area contributed by atoms with Gasteiger partial charge in [0.05, 0.1) is 5.60 Å². The topological polar surface area (TPSA) is 119 Å². The lowest BCUT2D eigenvalue weighted by molar-refractivity contribution is -0.117. The number of halogens is 1. The molecule has 8 nitrogen and oxygen atoms in total. The Morgan fingerprint density at radius 2 is 2.15 bits per heavy atom. The number of phenolic OH excluding ortho intramolecular Hbond substituents is 1. The Bertz CT molecular complexity index is 866. The number of carbonyl (C=O) groups is 1. The van der Waals surface area contributed by atoms with Gasteiger partial charge in [-0.05, 0) is 63.3 Å². The van der Waals surface area contributed by atoms with Crippen LogP contribution in [0.3, 0.4) is 0 Å². The van der Waals surface area contributed by atoms with Gasteiger partial charge >= 0.3 is 10.2 Å². The van der Waals surface area contributed by atoms with Gasteiger partial charge in [0.15, 0.2) is 5.82 Å². The largest absolute Gasteiger partial charge is 0.506 e. The summed E-state index contributed by atoms with van der Waals surface area (Å²) >= 11 is 0. The third-order valence-electron chi connectivity index (χ3n) is 4.86. The number of rotatable bonds is 5. The van der Waals surface area contributed by atoms with Gasteiger partial charge in [0.25, 0.3) is 5.91 Å². The fourth-order valence-corrected chi connectivity index (χ4v) is 4.66. The highest BCUT2D eigenvalue weighted by Crippen LogP contribution is 2.39. The van der Waals surface area contributed by atoms with Crippen molar-refractivity contribution in [2.45, 2.75) is 51.2 Å². The van der Waals surface area contributed by atoms with Crippen LogP contribution in [-0.2, 0) is 27.8 Å². The lowest BCUT2D eigenvalue weighted by Gasteiger charge is -2.29. The molecule has 150 valence electrons. The minimum absolute atomic E-state index is 0.0725. The molecule has 1 fully saturated rings. The normalized spacial score (nSPS) is 21.9. The minimum Gasteiger partial charge on any atom is -0.506 e. The van der Waals surface area contributed by atoms with Crippen molar-refractivity contribution in [3.63, 3.8) is 0 Å². The van der Waals surface area contributed by atoms with E-state index in [4.69, 9.17) is 0 Å². The van der Waals surface area contributed by atoms with Crippen LogP contribution in [0, 0.1) is 5.82 Å². The monoisotopic (exact) mass is 401 g/mol. The number of fused-ring (bicyclic) bond motifs is 1. The first-order valence-electron chi connectivity index (χ1n) is 8.80. The maximum atomic E-state index is 15.0. The van der Waals surface area contributed by atoms with E-state index in [1.807, 2.05) is 0 Å². The standard InChI is InChI=1S/C17H24FN3O5S/c1-17(2,24)5-6-19-11-3-4-12-10(7-11)8-13(22)16(15(12)18)21-9-14(23)20-27(21,25)26/h8,11,19,22,24H,3-7,9H2,1-2H3,(H,20,23). The molecular weight excluding hydrogens is 377 g/mol. The molecule has 1 aliphatic heterocycles. The molecule has 1 aromatic rings. The number of hydrogen-bond donors (Lipinski definition) is 4. The highest BCUT2D eigenvalue weighted by Gasteiger charge is 2.39. The second-order valence-corrected chi connectivity index (χ2v) is 9.28. The van der Waals surface area contributed by atoms with E-state index in [1.165, 1.54) is 6.07 Å². The van der Waals surface area contributed by atoms with Gasteiger partial charge in [-0.2, -0.15) is 8.42 Å². The van der Waals surface area contributed by atoms with Crippen molar-refractivity contribution in [2.24, 2.45) is 0 Å². The summed E-state index contributed by atoms with van der Waals surface area (Å²) in [5, 5.41) is 23.3. The molecule has 10 heteroatoms. The van der Waals surface area contributed by atoms with Gasteiger partial charge in [-0.25, -0.2) is 13.4 Å². The van der Waals surface area contributed by atoms with Gasteiger partial charge in [-0.3, -0.25) is 4.79 Å². The number of phenols is 1. The molecule has 4 N–H and O–H groups in total. The Balaban J connectivity index is 1.81. The van der Waals surface area contributed by atoms with Crippen molar-refractivity contribution >= 4 is 21.8 Å². The Morgan fingerprint density at radius 1 is 1.44 bits per heavy atom. The molecular formula is C17H24FN3O5S. The van der Waals surface area contributed by atoms with Crippen LogP contribution >= 0.6 is 0 Å². The van der Waals surface area contributed by atoms with Gasteiger partial charge in [-0.1, -0.05) is 0 Å². The third-order valence-corrected chi connectivity index (χ3v) is 6.24. The second kappa shape index (κ2) is 6.92. The van der Waals surface area contributed by atoms with Crippen molar-refractivity contribution in [1.82, 2.24) is 10.0 Å². The van der Waals surface area contributed by atoms with Crippen molar-refractivity contribution in [1.29, 1.82) is 0 Å². The van der Waals surface area contributed by atoms with E-state index in [2.05, 4.69) is 5.32 Å². The minimum atomic E-state index is -4.20. The van der Waals surface area contributed by atoms with Crippen LogP contribution in [-0.4, -0.2) is 49.3 Å². The van der Waals surface area contributed by atoms with Gasteiger partial charge in [0.1, 0.15) is 18.0 Å². The van der Waals surface area contributed by atoms with Gasteiger partial charge < -0.3 is 15.5 Å². The van der Waals surface area contributed by atoms with Gasteiger partial charge in [0, 0.05) is 6.04 Å². The molecule has 0 bridgehead atoms. The highest BCUT2D eigenvalue weighted by molar-refractivity contribution is 7.92. The van der Waals surface area contributed by atoms with E-state index in [1.54, 1.807) is 18.6 Å². The van der Waals surface area contributed by atoms with E-state index < -0.39 is 45.5 Å². The van der Waals surface area contributed by atoms with Crippen molar-refractivity contribution in [3.05, 3.63) is 23.0 Å². The molecule has 1 saturated heterocycles. The zero-order chi connectivity index (χ0) is 20.0. The van der Waals surface area contributed by atoms with E-state index in [0.717, 1.165) is 0 Å². The van der Waals surface area contributed by atoms with Crippen LogP contribution in [0.2, 0.25) is 0 Å². The molecule has 1 heterocycles. The second-order valence-electron chi connectivity index (χ2n) is 7.69. The van der Waals surface area contributed by atoms with Gasteiger partial charge in [-0.15, -0.1) is 0 Å². The van der Waals surface area contributed by atoms with Crippen LogP contribution in [0.5, 0.6) is 5.75 Å². The molecule has 1 aliphatic carbocycles. The number of hydrogen-bond acceptors (Lipinski definition) is 6. The van der Waals surface area contributed by atoms with Crippen molar-refractivity contribution < 1.29 is 27.8 Å². The molecule has 1 aromatic carbocycles. The molecule has 0 spiro atoms. The Morgan fingerprint density at radius 3 is 2.74 bits per heavy atom. The SMILES string of the molecule is CC(C)(O)CCNC1CCc2c(cc(O)c(N3CC(=O)NS3(=O)=O)c2F)C1. The van der Waals surface area contributed by atoms with Crippen LogP contribution in [0.4, 0.5) is 10.1 Å². The molecule has 1 atom stereocenters. The summed E-state index contributed by atoms with van der Waals surface area (Å²) in [4.78, 5) is 11.4. The summed E-state index contributed by atoms with van der Waals surface area (Å²) in [5.74, 6) is -2.09. The summed E-state index contributed by atoms with van der Waals surface area (Å²) in [7, 11) is -4.20. The number of carbonyl (C=O) groups excluding carboxylic acids is 1. The number of benzene rings is 1. The predicted molar refractivity (Wildman–Crippen MR) is 97.2 cm³/mol. The zero-order valence-corrected chi connectivity index (χ0v) is 16.1. The summed E-state index contributed by atoms with van der Waals surface area (Å²) in [5.41, 5.74) is -0.291. The molecule has 0 aromatic heterocycles. The summed E-state index contributed by atoms with van der Waals surface area (Å²) < 4.78 is 41.3. The predicted octanol–water partition coefficient (Wildman–Crippen LogP) is 0.320. The average molecular weight is 401 g/mol. The number of nitrogens with zero attached hydrogens (tertiary/aromatic N) is 1. The summed E-state index contributed by atoms with van der Waals surface area (Å²) in [6.45, 7) is 3.50. The molecule has 1 unspecified atom stereocenters. The zero-order valence-electron chi connectivity index (χ0n) is 15.2. The molecule has 27 heavy (non-hydrogen) atoms. The summed E-state index contributed by atoms with van der Waals surface area (Å²) in [6, 6.07) is 1.44. The lowest BCUT2D eigenvalue weighted by atomic mass is 9.87. The first-order valence-corrected chi connectivity index (χ1v) is 10.2. The maximum Gasteiger partial charge on any atom is 0.326 e. The van der Waals surface area contributed by atoms with Crippen LogP contribution < -0.4 is 14.3 Å². The lowest BCUT2D eigenvalue weighted by Crippen LogP contribution is -2.38. The number of anilines is 1. The fourth-order valence-electron chi connectivity index (χ4n) is 3.49. The van der Waals surface area contributed by atoms with E-state index in [9.17, 15) is 23.4 Å². The summed E-state index contributed by atoms with van der Waals surface area (Å²) in [6.07, 6.45) is 2.08. The fraction of sp³-hybridized carbons (Fsp3) is 0.588.